The summed E-state index contributed by atoms with van der Waals surface area (Å²) in [6, 6.07) is 96.2. The van der Waals surface area contributed by atoms with E-state index in [0.29, 0.717) is 5.95 Å². The molecule has 0 spiro atoms. The molecular formula is C70H44N6. The summed E-state index contributed by atoms with van der Waals surface area (Å²) in [5.41, 5.74) is 18.5. The van der Waals surface area contributed by atoms with Gasteiger partial charge in [-0.25, -0.2) is 9.97 Å². The molecule has 11 aromatic carbocycles. The monoisotopic (exact) mass is 968 g/mol. The minimum atomic E-state index is 0.613. The van der Waals surface area contributed by atoms with Gasteiger partial charge in [-0.3, -0.25) is 4.57 Å². The molecule has 5 aromatic heterocycles. The molecule has 0 unspecified atom stereocenters. The van der Waals surface area contributed by atoms with E-state index in [1.807, 2.05) is 0 Å². The van der Waals surface area contributed by atoms with Gasteiger partial charge in [0.1, 0.15) is 0 Å². The molecule has 0 amide bonds. The molecule has 0 aliphatic carbocycles. The van der Waals surface area contributed by atoms with Crippen molar-refractivity contribution >= 4 is 87.2 Å². The Bertz CT molecular complexity index is 4980. The van der Waals surface area contributed by atoms with Crippen molar-refractivity contribution in [2.75, 3.05) is 0 Å². The lowest BCUT2D eigenvalue weighted by Crippen LogP contribution is -2.04. The number of aromatic nitrogens is 6. The lowest BCUT2D eigenvalue weighted by Gasteiger charge is -2.14. The molecule has 6 nitrogen and oxygen atoms in total. The second-order valence-electron chi connectivity index (χ2n) is 19.8. The molecule has 16 aromatic rings. The van der Waals surface area contributed by atoms with Crippen molar-refractivity contribution in [1.82, 2.24) is 28.2 Å². The van der Waals surface area contributed by atoms with Crippen LogP contribution in [0.1, 0.15) is 0 Å². The Balaban J connectivity index is 0.886. The minimum absolute atomic E-state index is 0.613. The fourth-order valence-corrected chi connectivity index (χ4v) is 12.2. The first-order valence-corrected chi connectivity index (χ1v) is 25.9. The number of fused-ring (bicyclic) bond motifs is 13. The topological polar surface area (TPSA) is 45.5 Å². The van der Waals surface area contributed by atoms with Crippen molar-refractivity contribution in [1.29, 1.82) is 0 Å². The first kappa shape index (κ1) is 42.2. The van der Waals surface area contributed by atoms with E-state index in [9.17, 15) is 0 Å². The Kier molecular flexibility index (Phi) is 9.23. The summed E-state index contributed by atoms with van der Waals surface area (Å²) in [7, 11) is 0. The molecule has 6 heteroatoms. The van der Waals surface area contributed by atoms with E-state index >= 15 is 0 Å². The number of hydrogen-bond acceptors (Lipinski definition) is 2. The maximum absolute atomic E-state index is 5.56. The Hall–Kier alpha value is -10.3. The van der Waals surface area contributed by atoms with Crippen LogP contribution in [0.3, 0.4) is 0 Å². The van der Waals surface area contributed by atoms with Crippen molar-refractivity contribution in [3.63, 3.8) is 0 Å². The average Bonchev–Trinajstić information content (AvgIpc) is 4.23. The van der Waals surface area contributed by atoms with Crippen molar-refractivity contribution < 1.29 is 0 Å². The van der Waals surface area contributed by atoms with Crippen LogP contribution in [0.2, 0.25) is 0 Å². The lowest BCUT2D eigenvalue weighted by atomic mass is 10.0. The summed E-state index contributed by atoms with van der Waals surface area (Å²) in [6.07, 6.45) is 0. The number of nitrogens with zero attached hydrogens (tertiary/aromatic N) is 6. The van der Waals surface area contributed by atoms with Crippen LogP contribution in [0.5, 0.6) is 0 Å². The molecule has 0 aliphatic rings. The summed E-state index contributed by atoms with van der Waals surface area (Å²) >= 11 is 0. The molecule has 76 heavy (non-hydrogen) atoms. The smallest absolute Gasteiger partial charge is 0.235 e. The quantitative estimate of drug-likeness (QED) is 0.160. The van der Waals surface area contributed by atoms with Gasteiger partial charge in [0.25, 0.3) is 0 Å². The first-order valence-electron chi connectivity index (χ1n) is 25.9. The second kappa shape index (κ2) is 16.6. The molecule has 0 saturated carbocycles. The molecule has 0 saturated heterocycles. The van der Waals surface area contributed by atoms with E-state index in [0.717, 1.165) is 83.5 Å². The molecule has 16 rings (SSSR count). The number of para-hydroxylation sites is 6. The Labute approximate surface area is 436 Å². The summed E-state index contributed by atoms with van der Waals surface area (Å²) in [5, 5.41) is 9.59. The van der Waals surface area contributed by atoms with Crippen molar-refractivity contribution in [3.05, 3.63) is 267 Å². The summed E-state index contributed by atoms with van der Waals surface area (Å²) in [4.78, 5) is 11.0. The third kappa shape index (κ3) is 6.34. The zero-order valence-electron chi connectivity index (χ0n) is 41.1. The van der Waals surface area contributed by atoms with Crippen LogP contribution in [-0.2, 0) is 0 Å². The molecule has 354 valence electrons. The van der Waals surface area contributed by atoms with Crippen LogP contribution in [0, 0.1) is 0 Å². The summed E-state index contributed by atoms with van der Waals surface area (Å²) < 4.78 is 9.51. The van der Waals surface area contributed by atoms with Gasteiger partial charge in [0, 0.05) is 71.3 Å². The van der Waals surface area contributed by atoms with Crippen molar-refractivity contribution in [2.45, 2.75) is 0 Å². The fourth-order valence-electron chi connectivity index (χ4n) is 12.2. The van der Waals surface area contributed by atoms with Crippen molar-refractivity contribution in [3.8, 4) is 56.7 Å². The summed E-state index contributed by atoms with van der Waals surface area (Å²) in [5.74, 6) is 0.613. The highest BCUT2D eigenvalue weighted by atomic mass is 15.2. The maximum Gasteiger partial charge on any atom is 0.235 e. The molecule has 5 heterocycles. The van der Waals surface area contributed by atoms with Crippen LogP contribution in [-0.4, -0.2) is 28.2 Å². The van der Waals surface area contributed by atoms with Gasteiger partial charge in [-0.2, -0.15) is 0 Å². The number of benzene rings is 11. The molecule has 0 fully saturated rings. The lowest BCUT2D eigenvalue weighted by molar-refractivity contribution is 0.995. The largest absolute Gasteiger partial charge is 0.309 e. The highest BCUT2D eigenvalue weighted by molar-refractivity contribution is 6.24. The highest BCUT2D eigenvalue weighted by Crippen LogP contribution is 2.43. The molecular weight excluding hydrogens is 925 g/mol. The number of hydrogen-bond donors (Lipinski definition) is 0. The number of rotatable bonds is 7. The standard InChI is InChI=1S/C70H44N6/c1-4-19-45(20-5-1)60-44-61(48-21-18-26-51(41-48)75-64-33-16-11-28-53(64)57-38-37-56-52-27-10-15-32-63(52)74(68(56)69(57)75)50-24-8-3-9-25-50)72-70(71-60)76-65-34-17-13-30-55(65)59-43-47(36-40-67(59)76)46-35-39-66-58(42-46)54-29-12-14-31-62(54)73(66)49-22-6-2-7-23-49/h1-44H. The van der Waals surface area contributed by atoms with Gasteiger partial charge in [-0.05, 0) is 102 Å². The van der Waals surface area contributed by atoms with Gasteiger partial charge in [-0.1, -0.05) is 176 Å². The first-order chi connectivity index (χ1) is 37.7. The summed E-state index contributed by atoms with van der Waals surface area (Å²) in [6.45, 7) is 0. The average molecular weight is 969 g/mol. The molecule has 0 aliphatic heterocycles. The third-order valence-electron chi connectivity index (χ3n) is 15.6. The molecule has 0 bridgehead atoms. The van der Waals surface area contributed by atoms with Gasteiger partial charge in [-0.15, -0.1) is 0 Å². The minimum Gasteiger partial charge on any atom is -0.309 e. The molecule has 0 N–H and O–H groups in total. The van der Waals surface area contributed by atoms with E-state index in [1.165, 1.54) is 54.4 Å². The Morgan fingerprint density at radius 3 is 1.14 bits per heavy atom. The maximum atomic E-state index is 5.56. The van der Waals surface area contributed by atoms with Gasteiger partial charge in [0.05, 0.1) is 55.5 Å². The van der Waals surface area contributed by atoms with Crippen molar-refractivity contribution in [2.24, 2.45) is 0 Å². The van der Waals surface area contributed by atoms with Gasteiger partial charge in [0.15, 0.2) is 0 Å². The van der Waals surface area contributed by atoms with Crippen LogP contribution in [0.4, 0.5) is 0 Å². The predicted molar refractivity (Wildman–Crippen MR) is 316 cm³/mol. The fraction of sp³-hybridized carbons (Fsp3) is 0. The van der Waals surface area contributed by atoms with Gasteiger partial charge < -0.3 is 13.7 Å². The van der Waals surface area contributed by atoms with Gasteiger partial charge >= 0.3 is 0 Å². The van der Waals surface area contributed by atoms with Crippen LogP contribution in [0.15, 0.2) is 267 Å². The van der Waals surface area contributed by atoms with E-state index < -0.39 is 0 Å². The van der Waals surface area contributed by atoms with Crippen LogP contribution >= 0.6 is 0 Å². The Morgan fingerprint density at radius 2 is 0.592 bits per heavy atom. The molecule has 0 radical (unpaired) electrons. The Morgan fingerprint density at radius 1 is 0.211 bits per heavy atom. The third-order valence-corrected chi connectivity index (χ3v) is 15.6. The molecule has 0 atom stereocenters. The normalized spacial score (nSPS) is 11.9. The van der Waals surface area contributed by atoms with E-state index in [2.05, 4.69) is 285 Å². The second-order valence-corrected chi connectivity index (χ2v) is 19.8. The zero-order chi connectivity index (χ0) is 49.8. The predicted octanol–water partition coefficient (Wildman–Crippen LogP) is 17.9. The zero-order valence-corrected chi connectivity index (χ0v) is 41.1. The van der Waals surface area contributed by atoms with Crippen LogP contribution < -0.4 is 0 Å². The van der Waals surface area contributed by atoms with E-state index in [-0.39, 0.29) is 0 Å². The van der Waals surface area contributed by atoms with Gasteiger partial charge in [0.2, 0.25) is 5.95 Å². The van der Waals surface area contributed by atoms with E-state index in [1.54, 1.807) is 0 Å². The van der Waals surface area contributed by atoms with Crippen LogP contribution in [0.25, 0.3) is 144 Å². The highest BCUT2D eigenvalue weighted by Gasteiger charge is 2.23. The van der Waals surface area contributed by atoms with E-state index in [4.69, 9.17) is 9.97 Å². The SMILES string of the molecule is c1ccc(-c2cc(-c3cccc(-n4c5ccccc5c5ccc6c7ccccc7n(-c7ccccc7)c6c54)c3)nc(-n3c4ccccc4c4cc(-c5ccc6c(c5)c5ccccc5n6-c5ccccc5)ccc43)n2)cc1.